The summed E-state index contributed by atoms with van der Waals surface area (Å²) in [5.74, 6) is 0. The quantitative estimate of drug-likeness (QED) is 0.596. The van der Waals surface area contributed by atoms with Crippen LogP contribution in [0, 0.1) is 0 Å². The van der Waals surface area contributed by atoms with Gasteiger partial charge in [0.2, 0.25) is 0 Å². The SMILES string of the molecule is CC[B]c1ccc2c(c1)C=CCC2. The minimum absolute atomic E-state index is 1.11. The summed E-state index contributed by atoms with van der Waals surface area (Å²) in [5.41, 5.74) is 4.26. The Morgan fingerprint density at radius 3 is 3.15 bits per heavy atom. The van der Waals surface area contributed by atoms with Crippen molar-refractivity contribution >= 4 is 18.8 Å². The van der Waals surface area contributed by atoms with Crippen LogP contribution in [0.25, 0.3) is 6.08 Å². The number of fused-ring (bicyclic) bond motifs is 1. The molecule has 0 aliphatic heterocycles. The maximum atomic E-state index is 2.29. The normalized spacial score (nSPS) is 13.9. The molecule has 13 heavy (non-hydrogen) atoms. The van der Waals surface area contributed by atoms with E-state index >= 15 is 0 Å². The molecule has 1 aromatic carbocycles. The molecule has 1 aliphatic carbocycles. The van der Waals surface area contributed by atoms with Crippen molar-refractivity contribution in [2.24, 2.45) is 0 Å². The van der Waals surface area contributed by atoms with E-state index in [9.17, 15) is 0 Å². The van der Waals surface area contributed by atoms with E-state index in [1.54, 1.807) is 0 Å². The van der Waals surface area contributed by atoms with Gasteiger partial charge in [0.25, 0.3) is 0 Å². The molecule has 0 spiro atoms. The molecule has 0 bridgehead atoms. The number of rotatable bonds is 2. The lowest BCUT2D eigenvalue weighted by Gasteiger charge is -2.11. The van der Waals surface area contributed by atoms with Crippen molar-refractivity contribution in [1.82, 2.24) is 0 Å². The van der Waals surface area contributed by atoms with Crippen LogP contribution in [0.3, 0.4) is 0 Å². The van der Waals surface area contributed by atoms with Crippen LogP contribution in [-0.2, 0) is 6.42 Å². The maximum absolute atomic E-state index is 2.29. The van der Waals surface area contributed by atoms with Gasteiger partial charge in [0, 0.05) is 0 Å². The first kappa shape index (κ1) is 8.62. The minimum atomic E-state index is 1.11. The van der Waals surface area contributed by atoms with Crippen molar-refractivity contribution in [2.75, 3.05) is 0 Å². The van der Waals surface area contributed by atoms with Crippen molar-refractivity contribution in [1.29, 1.82) is 0 Å². The monoisotopic (exact) mass is 169 g/mol. The van der Waals surface area contributed by atoms with Gasteiger partial charge in [0.1, 0.15) is 0 Å². The van der Waals surface area contributed by atoms with Crippen molar-refractivity contribution < 1.29 is 0 Å². The molecule has 0 N–H and O–H groups in total. The Balaban J connectivity index is 2.31. The van der Waals surface area contributed by atoms with Crippen molar-refractivity contribution in [2.45, 2.75) is 26.1 Å². The Bertz CT molecular complexity index is 326. The minimum Gasteiger partial charge on any atom is -0.0872 e. The summed E-state index contributed by atoms with van der Waals surface area (Å²) in [5, 5.41) is 0. The molecule has 0 unspecified atom stereocenters. The number of aryl methyl sites for hydroxylation is 1. The standard InChI is InChI=1S/C12H14B/c1-2-13-12-8-7-10-5-3-4-6-11(10)9-12/h4,6-9H,2-3,5H2,1H3. The molecular weight excluding hydrogens is 155 g/mol. The first-order chi connectivity index (χ1) is 6.40. The molecule has 1 aliphatic rings. The van der Waals surface area contributed by atoms with Crippen LogP contribution < -0.4 is 5.46 Å². The third-order valence-electron chi connectivity index (χ3n) is 2.49. The number of allylic oxidation sites excluding steroid dienone is 1. The number of hydrogen-bond acceptors (Lipinski definition) is 0. The zero-order valence-electron chi connectivity index (χ0n) is 8.09. The van der Waals surface area contributed by atoms with Crippen molar-refractivity contribution in [3.8, 4) is 0 Å². The highest BCUT2D eigenvalue weighted by Gasteiger charge is 2.04. The smallest absolute Gasteiger partial charge is 0.0872 e. The van der Waals surface area contributed by atoms with E-state index in [-0.39, 0.29) is 0 Å². The summed E-state index contributed by atoms with van der Waals surface area (Å²) < 4.78 is 0. The fourth-order valence-electron chi connectivity index (χ4n) is 1.81. The van der Waals surface area contributed by atoms with Gasteiger partial charge < -0.3 is 0 Å². The Morgan fingerprint density at radius 1 is 1.38 bits per heavy atom. The average Bonchev–Trinajstić information content (AvgIpc) is 2.18. The Labute approximate surface area is 80.9 Å². The van der Waals surface area contributed by atoms with Crippen molar-refractivity contribution in [3.63, 3.8) is 0 Å². The first-order valence-corrected chi connectivity index (χ1v) is 5.03. The van der Waals surface area contributed by atoms with Gasteiger partial charge in [-0.25, -0.2) is 0 Å². The molecule has 0 heterocycles. The zero-order chi connectivity index (χ0) is 9.10. The average molecular weight is 169 g/mol. The molecule has 0 amide bonds. The van der Waals surface area contributed by atoms with Gasteiger partial charge in [-0.3, -0.25) is 0 Å². The maximum Gasteiger partial charge on any atom is 0.151 e. The van der Waals surface area contributed by atoms with Crippen LogP contribution in [0.4, 0.5) is 0 Å². The van der Waals surface area contributed by atoms with Crippen LogP contribution in [0.2, 0.25) is 6.32 Å². The second kappa shape index (κ2) is 3.82. The van der Waals surface area contributed by atoms with E-state index < -0.39 is 0 Å². The van der Waals surface area contributed by atoms with Crippen LogP contribution in [0.5, 0.6) is 0 Å². The van der Waals surface area contributed by atoms with E-state index in [0.29, 0.717) is 0 Å². The van der Waals surface area contributed by atoms with Gasteiger partial charge in [-0.2, -0.15) is 0 Å². The summed E-state index contributed by atoms with van der Waals surface area (Å²) in [6.07, 6.45) is 8.02. The predicted molar refractivity (Wildman–Crippen MR) is 59.7 cm³/mol. The predicted octanol–water partition coefficient (Wildman–Crippen LogP) is 2.41. The highest BCUT2D eigenvalue weighted by atomic mass is 14.1. The Kier molecular flexibility index (Phi) is 2.53. The molecule has 65 valence electrons. The van der Waals surface area contributed by atoms with E-state index in [1.807, 2.05) is 0 Å². The Morgan fingerprint density at radius 2 is 2.31 bits per heavy atom. The largest absolute Gasteiger partial charge is 0.151 e. The number of hydrogen-bond donors (Lipinski definition) is 0. The van der Waals surface area contributed by atoms with Gasteiger partial charge in [-0.1, -0.05) is 49.1 Å². The summed E-state index contributed by atoms with van der Waals surface area (Å²) in [7, 11) is 2.27. The fourth-order valence-corrected chi connectivity index (χ4v) is 1.81. The fraction of sp³-hybridized carbons (Fsp3) is 0.333. The van der Waals surface area contributed by atoms with Crippen molar-refractivity contribution in [3.05, 3.63) is 35.4 Å². The lowest BCUT2D eigenvalue weighted by Crippen LogP contribution is -2.14. The summed E-state index contributed by atoms with van der Waals surface area (Å²) in [4.78, 5) is 0. The third kappa shape index (κ3) is 1.85. The molecule has 0 aromatic heterocycles. The van der Waals surface area contributed by atoms with Crippen LogP contribution in [-0.4, -0.2) is 7.28 Å². The highest BCUT2D eigenvalue weighted by molar-refractivity contribution is 6.53. The van der Waals surface area contributed by atoms with Gasteiger partial charge in [-0.05, 0) is 24.0 Å². The number of benzene rings is 1. The molecule has 1 radical (unpaired) electrons. The molecule has 0 atom stereocenters. The second-order valence-corrected chi connectivity index (χ2v) is 3.51. The molecule has 1 aromatic rings. The van der Waals surface area contributed by atoms with Gasteiger partial charge >= 0.3 is 0 Å². The van der Waals surface area contributed by atoms with Crippen LogP contribution in [0.1, 0.15) is 24.5 Å². The summed E-state index contributed by atoms with van der Waals surface area (Å²) in [6.45, 7) is 2.18. The highest BCUT2D eigenvalue weighted by Crippen LogP contribution is 2.17. The van der Waals surface area contributed by atoms with E-state index in [2.05, 4.69) is 44.6 Å². The van der Waals surface area contributed by atoms with E-state index in [4.69, 9.17) is 0 Å². The third-order valence-corrected chi connectivity index (χ3v) is 2.49. The molecule has 2 rings (SSSR count). The molecular formula is C12H14B. The molecule has 0 saturated carbocycles. The van der Waals surface area contributed by atoms with Gasteiger partial charge in [0.05, 0.1) is 0 Å². The summed E-state index contributed by atoms with van der Waals surface area (Å²) in [6, 6.07) is 6.77. The van der Waals surface area contributed by atoms with Crippen LogP contribution in [0.15, 0.2) is 24.3 Å². The molecule has 0 fully saturated rings. The zero-order valence-corrected chi connectivity index (χ0v) is 8.09. The first-order valence-electron chi connectivity index (χ1n) is 5.03. The molecule has 0 saturated heterocycles. The van der Waals surface area contributed by atoms with Gasteiger partial charge in [-0.15, -0.1) is 0 Å². The summed E-state index contributed by atoms with van der Waals surface area (Å²) >= 11 is 0. The topological polar surface area (TPSA) is 0 Å². The second-order valence-electron chi connectivity index (χ2n) is 3.51. The van der Waals surface area contributed by atoms with Gasteiger partial charge in [0.15, 0.2) is 7.28 Å². The molecule has 1 heteroatoms. The molecule has 0 nitrogen and oxygen atoms in total. The lowest BCUT2D eigenvalue weighted by atomic mass is 9.67. The lowest BCUT2D eigenvalue weighted by molar-refractivity contribution is 0.987. The van der Waals surface area contributed by atoms with Crippen LogP contribution >= 0.6 is 0 Å². The van der Waals surface area contributed by atoms with E-state index in [0.717, 1.165) is 6.32 Å². The van der Waals surface area contributed by atoms with E-state index in [1.165, 1.54) is 29.4 Å². The Hall–Kier alpha value is -0.975.